The SMILES string of the molecule is COC(=O)c1ccc2c(c1)nc(-c1ccc(OCc3cc(C(=O)O)ccc3-c3ccc(Cl)cc3)cc1F)n2C1CCCCC1.Cl. The molecule has 0 unspecified atom stereocenters. The summed E-state index contributed by atoms with van der Waals surface area (Å²) in [5.41, 5.74) is 4.55. The number of carbonyl (C=O) groups is 2. The quantitative estimate of drug-likeness (QED) is 0.169. The Hall–Kier alpha value is -4.40. The van der Waals surface area contributed by atoms with Gasteiger partial charge in [0.05, 0.1) is 34.8 Å². The summed E-state index contributed by atoms with van der Waals surface area (Å²) in [6.07, 6.45) is 5.26. The van der Waals surface area contributed by atoms with Gasteiger partial charge < -0.3 is 19.1 Å². The van der Waals surface area contributed by atoms with Gasteiger partial charge in [-0.05, 0) is 84.1 Å². The average Bonchev–Trinajstić information content (AvgIpc) is 3.42. The molecular weight excluding hydrogens is 618 g/mol. The molecule has 232 valence electrons. The summed E-state index contributed by atoms with van der Waals surface area (Å²) in [6, 6.07) is 22.1. The highest BCUT2D eigenvalue weighted by molar-refractivity contribution is 6.30. The summed E-state index contributed by atoms with van der Waals surface area (Å²) in [4.78, 5) is 28.7. The monoisotopic (exact) mass is 648 g/mol. The number of imidazole rings is 1. The third-order valence-corrected chi connectivity index (χ3v) is 8.39. The van der Waals surface area contributed by atoms with Crippen LogP contribution in [-0.2, 0) is 11.3 Å². The molecule has 1 saturated carbocycles. The Balaban J connectivity index is 0.00000400. The molecule has 0 atom stereocenters. The third-order valence-electron chi connectivity index (χ3n) is 8.13. The summed E-state index contributed by atoms with van der Waals surface area (Å²) in [7, 11) is 1.33. The number of aromatic nitrogens is 2. The van der Waals surface area contributed by atoms with Gasteiger partial charge in [0, 0.05) is 17.1 Å². The van der Waals surface area contributed by atoms with Crippen LogP contribution in [0.15, 0.2) is 78.9 Å². The van der Waals surface area contributed by atoms with Crippen molar-refractivity contribution < 1.29 is 28.6 Å². The summed E-state index contributed by atoms with van der Waals surface area (Å²) >= 11 is 6.06. The number of carboxylic acids is 1. The summed E-state index contributed by atoms with van der Waals surface area (Å²) in [5.74, 6) is -1.22. The van der Waals surface area contributed by atoms with Crippen molar-refractivity contribution in [2.45, 2.75) is 44.8 Å². The molecule has 1 aliphatic rings. The van der Waals surface area contributed by atoms with Crippen LogP contribution >= 0.6 is 24.0 Å². The maximum absolute atomic E-state index is 15.9. The van der Waals surface area contributed by atoms with Crippen LogP contribution in [0.5, 0.6) is 5.75 Å². The summed E-state index contributed by atoms with van der Waals surface area (Å²) in [5, 5.41) is 10.1. The molecule has 4 aromatic carbocycles. The topological polar surface area (TPSA) is 90.7 Å². The van der Waals surface area contributed by atoms with E-state index in [-0.39, 0.29) is 30.6 Å². The van der Waals surface area contributed by atoms with Gasteiger partial charge >= 0.3 is 11.9 Å². The minimum Gasteiger partial charge on any atom is -0.489 e. The molecule has 0 radical (unpaired) electrons. The number of rotatable bonds is 8. The van der Waals surface area contributed by atoms with E-state index in [4.69, 9.17) is 26.1 Å². The van der Waals surface area contributed by atoms with Crippen molar-refractivity contribution >= 4 is 47.0 Å². The average molecular weight is 650 g/mol. The van der Waals surface area contributed by atoms with Crippen molar-refractivity contribution in [3.63, 3.8) is 0 Å². The Morgan fingerprint density at radius 1 is 0.933 bits per heavy atom. The fraction of sp³-hybridized carbons (Fsp3) is 0.229. The van der Waals surface area contributed by atoms with E-state index in [1.807, 2.05) is 18.2 Å². The Morgan fingerprint density at radius 2 is 1.64 bits per heavy atom. The molecule has 0 spiro atoms. The van der Waals surface area contributed by atoms with Gasteiger partial charge in [-0.25, -0.2) is 19.0 Å². The number of carboxylic acid groups (broad SMARTS) is 1. The first-order chi connectivity index (χ1) is 21.3. The molecule has 1 aliphatic carbocycles. The number of carbonyl (C=O) groups excluding carboxylic acids is 1. The van der Waals surface area contributed by atoms with Gasteiger partial charge in [0.25, 0.3) is 0 Å². The van der Waals surface area contributed by atoms with E-state index in [2.05, 4.69) is 4.57 Å². The predicted molar refractivity (Wildman–Crippen MR) is 174 cm³/mol. The number of esters is 1. The van der Waals surface area contributed by atoms with Crippen molar-refractivity contribution in [2.24, 2.45) is 0 Å². The second-order valence-electron chi connectivity index (χ2n) is 10.9. The fourth-order valence-electron chi connectivity index (χ4n) is 5.93. The molecule has 1 N–H and O–H groups in total. The number of hydrogen-bond donors (Lipinski definition) is 1. The normalized spacial score (nSPS) is 13.3. The van der Waals surface area contributed by atoms with Crippen molar-refractivity contribution in [3.05, 3.63) is 106 Å². The molecule has 45 heavy (non-hydrogen) atoms. The fourth-order valence-corrected chi connectivity index (χ4v) is 6.05. The largest absolute Gasteiger partial charge is 0.489 e. The zero-order chi connectivity index (χ0) is 30.8. The molecule has 0 amide bonds. The number of halogens is 3. The number of nitrogens with zero attached hydrogens (tertiary/aromatic N) is 2. The molecule has 7 nitrogen and oxygen atoms in total. The van der Waals surface area contributed by atoms with E-state index in [1.165, 1.54) is 25.7 Å². The molecule has 1 heterocycles. The van der Waals surface area contributed by atoms with E-state index < -0.39 is 17.8 Å². The van der Waals surface area contributed by atoms with Crippen LogP contribution in [0.3, 0.4) is 0 Å². The van der Waals surface area contributed by atoms with Crippen LogP contribution in [0.4, 0.5) is 4.39 Å². The molecule has 1 aromatic heterocycles. The van der Waals surface area contributed by atoms with Gasteiger partial charge in [-0.15, -0.1) is 12.4 Å². The Kier molecular flexibility index (Phi) is 9.75. The number of aromatic carboxylic acids is 1. The van der Waals surface area contributed by atoms with Crippen LogP contribution in [0, 0.1) is 5.82 Å². The smallest absolute Gasteiger partial charge is 0.337 e. The van der Waals surface area contributed by atoms with Gasteiger partial charge in [-0.1, -0.05) is 49.1 Å². The number of fused-ring (bicyclic) bond motifs is 1. The second-order valence-corrected chi connectivity index (χ2v) is 11.3. The van der Waals surface area contributed by atoms with Gasteiger partial charge in [-0.2, -0.15) is 0 Å². The van der Waals surface area contributed by atoms with Gasteiger partial charge in [0.15, 0.2) is 0 Å². The van der Waals surface area contributed by atoms with E-state index in [1.54, 1.807) is 48.5 Å². The molecule has 5 aromatic rings. The zero-order valence-corrected chi connectivity index (χ0v) is 26.0. The zero-order valence-electron chi connectivity index (χ0n) is 24.5. The van der Waals surface area contributed by atoms with Crippen LogP contribution in [-0.4, -0.2) is 33.7 Å². The highest BCUT2D eigenvalue weighted by Crippen LogP contribution is 2.38. The molecule has 0 aliphatic heterocycles. The highest BCUT2D eigenvalue weighted by Gasteiger charge is 2.25. The molecule has 10 heteroatoms. The maximum atomic E-state index is 15.9. The second kappa shape index (κ2) is 13.7. The molecule has 0 saturated heterocycles. The lowest BCUT2D eigenvalue weighted by Gasteiger charge is -2.25. The number of methoxy groups -OCH3 is 1. The third kappa shape index (κ3) is 6.67. The first-order valence-corrected chi connectivity index (χ1v) is 14.9. The number of hydrogen-bond acceptors (Lipinski definition) is 5. The molecular formula is C35H31Cl2FN2O5. The van der Waals surface area contributed by atoms with Crippen molar-refractivity contribution in [3.8, 4) is 28.3 Å². The van der Waals surface area contributed by atoms with Crippen molar-refractivity contribution in [1.82, 2.24) is 9.55 Å². The lowest BCUT2D eigenvalue weighted by Crippen LogP contribution is -2.14. The van der Waals surface area contributed by atoms with Crippen molar-refractivity contribution in [1.29, 1.82) is 0 Å². The van der Waals surface area contributed by atoms with Gasteiger partial charge in [0.1, 0.15) is 24.0 Å². The highest BCUT2D eigenvalue weighted by atomic mass is 35.5. The summed E-state index contributed by atoms with van der Waals surface area (Å²) < 4.78 is 28.8. The Bertz CT molecular complexity index is 1870. The molecule has 1 fully saturated rings. The predicted octanol–water partition coefficient (Wildman–Crippen LogP) is 9.15. The van der Waals surface area contributed by atoms with Crippen LogP contribution < -0.4 is 4.74 Å². The Morgan fingerprint density at radius 3 is 2.33 bits per heavy atom. The number of benzene rings is 4. The summed E-state index contributed by atoms with van der Waals surface area (Å²) in [6.45, 7) is 0.0226. The number of ether oxygens (including phenoxy) is 2. The van der Waals surface area contributed by atoms with Crippen LogP contribution in [0.2, 0.25) is 5.02 Å². The van der Waals surface area contributed by atoms with Gasteiger partial charge in [-0.3, -0.25) is 0 Å². The molecule has 6 rings (SSSR count). The van der Waals surface area contributed by atoms with E-state index in [0.29, 0.717) is 38.8 Å². The Labute approximate surface area is 271 Å². The van der Waals surface area contributed by atoms with Crippen LogP contribution in [0.25, 0.3) is 33.5 Å². The minimum atomic E-state index is -1.05. The lowest BCUT2D eigenvalue weighted by molar-refractivity contribution is 0.0600. The molecule has 0 bridgehead atoms. The van der Waals surface area contributed by atoms with E-state index >= 15 is 4.39 Å². The lowest BCUT2D eigenvalue weighted by atomic mass is 9.94. The van der Waals surface area contributed by atoms with E-state index in [9.17, 15) is 14.7 Å². The van der Waals surface area contributed by atoms with Crippen LogP contribution in [0.1, 0.15) is 64.4 Å². The maximum Gasteiger partial charge on any atom is 0.337 e. The van der Waals surface area contributed by atoms with E-state index in [0.717, 1.165) is 42.3 Å². The minimum absolute atomic E-state index is 0. The van der Waals surface area contributed by atoms with Gasteiger partial charge in [0.2, 0.25) is 0 Å². The standard InChI is InChI=1S/C35H30ClFN2O5.ClH/c1-43-35(42)23-10-16-32-31(18-23)38-33(39(32)26-5-3-2-4-6-26)29-15-13-27(19-30(29)37)44-20-24-17-22(34(40)41)9-14-28(24)21-7-11-25(36)12-8-21;/h7-19,26H,2-6,20H2,1H3,(H,40,41);1H. The first-order valence-electron chi connectivity index (χ1n) is 14.5. The van der Waals surface area contributed by atoms with Crippen molar-refractivity contribution in [2.75, 3.05) is 7.11 Å². The first kappa shape index (κ1) is 32.0.